The van der Waals surface area contributed by atoms with Gasteiger partial charge in [0.2, 0.25) is 0 Å². The summed E-state index contributed by atoms with van der Waals surface area (Å²) in [7, 11) is 3.90. The van der Waals surface area contributed by atoms with Crippen molar-refractivity contribution in [1.29, 1.82) is 0 Å². The topological polar surface area (TPSA) is 37.4 Å². The molecule has 2 aromatic carbocycles. The first-order chi connectivity index (χ1) is 11.1. The van der Waals surface area contributed by atoms with Crippen LogP contribution in [0, 0.1) is 5.92 Å². The lowest BCUT2D eigenvalue weighted by Crippen LogP contribution is -2.28. The number of nitrogens with zero attached hydrogens (tertiary/aromatic N) is 1. The van der Waals surface area contributed by atoms with Crippen LogP contribution in [0.4, 0.5) is 0 Å². The lowest BCUT2D eigenvalue weighted by molar-refractivity contribution is 0.0873. The second-order valence-electron chi connectivity index (χ2n) is 6.02. The maximum absolute atomic E-state index is 12.7. The Morgan fingerprint density at radius 3 is 1.91 bits per heavy atom. The van der Waals surface area contributed by atoms with E-state index in [1.165, 1.54) is 0 Å². The van der Waals surface area contributed by atoms with Crippen LogP contribution in [0.2, 0.25) is 0 Å². The van der Waals surface area contributed by atoms with Crippen molar-refractivity contribution < 1.29 is 9.59 Å². The minimum atomic E-state index is -0.167. The normalized spacial score (nSPS) is 12.1. The number of carbonyl (C=O) groups excluding carboxylic acids is 2. The first-order valence-corrected chi connectivity index (χ1v) is 7.90. The molecule has 0 aromatic heterocycles. The van der Waals surface area contributed by atoms with Gasteiger partial charge in [0, 0.05) is 30.0 Å². The number of Topliss-reactive ketones (excluding diaryl/α,β-unsaturated/α-hetero) is 2. The molecule has 0 spiro atoms. The van der Waals surface area contributed by atoms with Crippen LogP contribution in [-0.4, -0.2) is 37.1 Å². The quantitative estimate of drug-likeness (QED) is 0.698. The fraction of sp³-hybridized carbons (Fsp3) is 0.300. The number of hydrogen-bond donors (Lipinski definition) is 0. The van der Waals surface area contributed by atoms with Gasteiger partial charge in [-0.1, -0.05) is 60.7 Å². The number of rotatable bonds is 8. The van der Waals surface area contributed by atoms with Crippen molar-refractivity contribution in [3.63, 3.8) is 0 Å². The predicted octanol–water partition coefficient (Wildman–Crippen LogP) is 3.71. The summed E-state index contributed by atoms with van der Waals surface area (Å²) in [5, 5.41) is 0. The first-order valence-electron chi connectivity index (χ1n) is 7.90. The molecule has 0 radical (unpaired) electrons. The molecule has 3 heteroatoms. The van der Waals surface area contributed by atoms with Crippen LogP contribution in [0.3, 0.4) is 0 Å². The van der Waals surface area contributed by atoms with E-state index in [2.05, 4.69) is 0 Å². The molecule has 0 aliphatic rings. The van der Waals surface area contributed by atoms with Gasteiger partial charge in [-0.25, -0.2) is 0 Å². The zero-order valence-electron chi connectivity index (χ0n) is 13.7. The standard InChI is InChI=1S/C20H23NO2/c1-21(2)15-18(20(23)17-11-7-4-8-12-17)13-14-19(22)16-9-5-3-6-10-16/h3-12,18H,13-15H2,1-2H3/t18-/m1/s1. The lowest BCUT2D eigenvalue weighted by Gasteiger charge is -2.20. The molecule has 0 heterocycles. The maximum Gasteiger partial charge on any atom is 0.167 e. The van der Waals surface area contributed by atoms with Gasteiger partial charge in [0.05, 0.1) is 0 Å². The lowest BCUT2D eigenvalue weighted by atomic mass is 9.91. The van der Waals surface area contributed by atoms with Crippen LogP contribution in [0.25, 0.3) is 0 Å². The second kappa shape index (κ2) is 8.39. The molecule has 0 saturated heterocycles. The zero-order valence-corrected chi connectivity index (χ0v) is 13.7. The molecule has 2 rings (SSSR count). The van der Waals surface area contributed by atoms with Crippen molar-refractivity contribution >= 4 is 11.6 Å². The zero-order chi connectivity index (χ0) is 16.7. The highest BCUT2D eigenvalue weighted by Gasteiger charge is 2.22. The molecule has 0 fully saturated rings. The van der Waals surface area contributed by atoms with Crippen LogP contribution >= 0.6 is 0 Å². The van der Waals surface area contributed by atoms with Crippen molar-refractivity contribution in [3.8, 4) is 0 Å². The van der Waals surface area contributed by atoms with Crippen molar-refractivity contribution in [2.75, 3.05) is 20.6 Å². The van der Waals surface area contributed by atoms with Gasteiger partial charge < -0.3 is 4.90 Å². The van der Waals surface area contributed by atoms with Gasteiger partial charge in [0.1, 0.15) is 0 Å². The van der Waals surface area contributed by atoms with E-state index in [0.717, 1.165) is 0 Å². The molecule has 1 atom stereocenters. The predicted molar refractivity (Wildman–Crippen MR) is 92.8 cm³/mol. The van der Waals surface area contributed by atoms with E-state index in [9.17, 15) is 9.59 Å². The van der Waals surface area contributed by atoms with E-state index in [-0.39, 0.29) is 17.5 Å². The minimum absolute atomic E-state index is 0.0928. The summed E-state index contributed by atoms with van der Waals surface area (Å²) in [6, 6.07) is 18.6. The summed E-state index contributed by atoms with van der Waals surface area (Å²) in [5.74, 6) is 0.0374. The highest BCUT2D eigenvalue weighted by Crippen LogP contribution is 2.17. The highest BCUT2D eigenvalue weighted by molar-refractivity contribution is 5.99. The van der Waals surface area contributed by atoms with E-state index < -0.39 is 0 Å². The Morgan fingerprint density at radius 1 is 0.870 bits per heavy atom. The molecule has 23 heavy (non-hydrogen) atoms. The van der Waals surface area contributed by atoms with Gasteiger partial charge in [-0.3, -0.25) is 9.59 Å². The van der Waals surface area contributed by atoms with Crippen LogP contribution in [-0.2, 0) is 0 Å². The molecular weight excluding hydrogens is 286 g/mol. The van der Waals surface area contributed by atoms with Crippen molar-refractivity contribution in [2.24, 2.45) is 5.92 Å². The molecule has 0 aliphatic heterocycles. The van der Waals surface area contributed by atoms with Crippen LogP contribution in [0.5, 0.6) is 0 Å². The molecule has 120 valence electrons. The van der Waals surface area contributed by atoms with E-state index in [1.54, 1.807) is 0 Å². The third-order valence-electron chi connectivity index (χ3n) is 3.83. The van der Waals surface area contributed by atoms with Gasteiger partial charge in [-0.15, -0.1) is 0 Å². The van der Waals surface area contributed by atoms with Gasteiger partial charge in [0.25, 0.3) is 0 Å². The number of carbonyl (C=O) groups is 2. The molecular formula is C20H23NO2. The van der Waals surface area contributed by atoms with Crippen molar-refractivity contribution in [2.45, 2.75) is 12.8 Å². The van der Waals surface area contributed by atoms with E-state index in [4.69, 9.17) is 0 Å². The Labute approximate surface area is 137 Å². The van der Waals surface area contributed by atoms with E-state index in [0.29, 0.717) is 30.5 Å². The monoisotopic (exact) mass is 309 g/mol. The number of ketones is 2. The summed E-state index contributed by atoms with van der Waals surface area (Å²) in [4.78, 5) is 27.0. The van der Waals surface area contributed by atoms with E-state index in [1.807, 2.05) is 79.7 Å². The first kappa shape index (κ1) is 17.1. The summed E-state index contributed by atoms with van der Waals surface area (Å²) in [6.07, 6.45) is 0.959. The Balaban J connectivity index is 2.04. The van der Waals surface area contributed by atoms with Gasteiger partial charge >= 0.3 is 0 Å². The largest absolute Gasteiger partial charge is 0.309 e. The van der Waals surface area contributed by atoms with Crippen LogP contribution in [0.1, 0.15) is 33.6 Å². The average molecular weight is 309 g/mol. The average Bonchev–Trinajstić information content (AvgIpc) is 2.59. The third kappa shape index (κ3) is 5.15. The Morgan fingerprint density at radius 2 is 1.39 bits per heavy atom. The Bertz CT molecular complexity index is 635. The summed E-state index contributed by atoms with van der Waals surface area (Å²) in [6.45, 7) is 0.649. The number of benzene rings is 2. The molecule has 0 unspecified atom stereocenters. The smallest absolute Gasteiger partial charge is 0.167 e. The minimum Gasteiger partial charge on any atom is -0.309 e. The van der Waals surface area contributed by atoms with E-state index >= 15 is 0 Å². The summed E-state index contributed by atoms with van der Waals surface area (Å²) < 4.78 is 0. The fourth-order valence-corrected chi connectivity index (χ4v) is 2.66. The van der Waals surface area contributed by atoms with Gasteiger partial charge in [0.15, 0.2) is 11.6 Å². The van der Waals surface area contributed by atoms with Crippen LogP contribution in [0.15, 0.2) is 60.7 Å². The van der Waals surface area contributed by atoms with Crippen molar-refractivity contribution in [1.82, 2.24) is 4.90 Å². The molecule has 0 aliphatic carbocycles. The maximum atomic E-state index is 12.7. The Kier molecular flexibility index (Phi) is 6.24. The number of hydrogen-bond acceptors (Lipinski definition) is 3. The third-order valence-corrected chi connectivity index (χ3v) is 3.83. The molecule has 2 aromatic rings. The van der Waals surface area contributed by atoms with Gasteiger partial charge in [-0.05, 0) is 20.5 Å². The second-order valence-corrected chi connectivity index (χ2v) is 6.02. The molecule has 0 saturated carbocycles. The summed E-state index contributed by atoms with van der Waals surface area (Å²) >= 11 is 0. The molecule has 0 bridgehead atoms. The van der Waals surface area contributed by atoms with Crippen molar-refractivity contribution in [3.05, 3.63) is 71.8 Å². The molecule has 3 nitrogen and oxygen atoms in total. The Hall–Kier alpha value is -2.26. The van der Waals surface area contributed by atoms with Gasteiger partial charge in [-0.2, -0.15) is 0 Å². The SMILES string of the molecule is CN(C)C[C@@H](CCC(=O)c1ccccc1)C(=O)c1ccccc1. The molecule has 0 amide bonds. The molecule has 0 N–H and O–H groups in total. The highest BCUT2D eigenvalue weighted by atomic mass is 16.1. The summed E-state index contributed by atoms with van der Waals surface area (Å²) in [5.41, 5.74) is 1.43. The van der Waals surface area contributed by atoms with Crippen LogP contribution < -0.4 is 0 Å². The fourth-order valence-electron chi connectivity index (χ4n) is 2.66.